The number of carbonyl (C=O) groups is 1. The van der Waals surface area contributed by atoms with E-state index >= 15 is 0 Å². The molecular formula is C23H23N5O4S. The molecule has 2 aromatic carbocycles. The molecule has 0 fully saturated rings. The van der Waals surface area contributed by atoms with Gasteiger partial charge in [0.25, 0.3) is 5.89 Å². The molecule has 0 bridgehead atoms. The molecule has 0 atom stereocenters. The lowest BCUT2D eigenvalue weighted by molar-refractivity contribution is -0.116. The van der Waals surface area contributed by atoms with Crippen LogP contribution >= 0.6 is 0 Å². The Morgan fingerprint density at radius 3 is 2.45 bits per heavy atom. The molecule has 1 aromatic heterocycles. The van der Waals surface area contributed by atoms with Crippen molar-refractivity contribution in [2.75, 3.05) is 11.9 Å². The van der Waals surface area contributed by atoms with Gasteiger partial charge in [-0.1, -0.05) is 61.5 Å². The van der Waals surface area contributed by atoms with Gasteiger partial charge in [0.1, 0.15) is 6.54 Å². The smallest absolute Gasteiger partial charge is 0.333 e. The van der Waals surface area contributed by atoms with Gasteiger partial charge in [-0.25, -0.2) is 4.31 Å². The highest BCUT2D eigenvalue weighted by atomic mass is 32.2. The highest BCUT2D eigenvalue weighted by Crippen LogP contribution is 2.25. The molecule has 1 aliphatic rings. The maximum Gasteiger partial charge on any atom is 0.344 e. The number of carbonyl (C=O) groups excluding carboxylic acids is 1. The first-order valence-electron chi connectivity index (χ1n) is 10.3. The summed E-state index contributed by atoms with van der Waals surface area (Å²) in [5, 5.41) is 6.67. The average Bonchev–Trinajstić information content (AvgIpc) is 3.26. The summed E-state index contributed by atoms with van der Waals surface area (Å²) in [7, 11) is -4.07. The van der Waals surface area contributed by atoms with Crippen LogP contribution in [0.1, 0.15) is 38.1 Å². The zero-order valence-corrected chi connectivity index (χ0v) is 19.2. The first kappa shape index (κ1) is 22.4. The highest BCUT2D eigenvalue weighted by molar-refractivity contribution is 7.88. The van der Waals surface area contributed by atoms with E-state index in [1.54, 1.807) is 12.1 Å². The van der Waals surface area contributed by atoms with E-state index in [-0.39, 0.29) is 11.6 Å². The number of rotatable bonds is 6. The molecule has 0 saturated carbocycles. The van der Waals surface area contributed by atoms with Gasteiger partial charge in [-0.15, -0.1) is 4.40 Å². The van der Waals surface area contributed by atoms with Crippen LogP contribution < -0.4 is 5.32 Å². The van der Waals surface area contributed by atoms with Crippen molar-refractivity contribution >= 4 is 33.1 Å². The Labute approximate surface area is 192 Å². The minimum atomic E-state index is -4.07. The van der Waals surface area contributed by atoms with E-state index in [9.17, 15) is 13.2 Å². The van der Waals surface area contributed by atoms with E-state index in [0.29, 0.717) is 23.0 Å². The van der Waals surface area contributed by atoms with Gasteiger partial charge in [0.2, 0.25) is 11.7 Å². The first-order chi connectivity index (χ1) is 15.7. The zero-order chi connectivity index (χ0) is 23.6. The van der Waals surface area contributed by atoms with Crippen LogP contribution in [0.25, 0.3) is 17.0 Å². The molecule has 10 heteroatoms. The second-order valence-corrected chi connectivity index (χ2v) is 9.40. The van der Waals surface area contributed by atoms with Gasteiger partial charge in [0.05, 0.1) is 11.3 Å². The monoisotopic (exact) mass is 465 g/mol. The first-order valence-corrected chi connectivity index (χ1v) is 11.7. The van der Waals surface area contributed by atoms with Crippen molar-refractivity contribution < 1.29 is 17.7 Å². The van der Waals surface area contributed by atoms with Gasteiger partial charge < -0.3 is 9.84 Å². The lowest BCUT2D eigenvalue weighted by Crippen LogP contribution is -2.36. The molecule has 4 rings (SSSR count). The molecule has 0 unspecified atom stereocenters. The summed E-state index contributed by atoms with van der Waals surface area (Å²) in [5.41, 5.74) is 2.99. The van der Waals surface area contributed by atoms with Crippen molar-refractivity contribution in [1.29, 1.82) is 0 Å². The number of benzene rings is 2. The Hall–Kier alpha value is -3.79. The number of hydrogen-bond acceptors (Lipinski definition) is 6. The van der Waals surface area contributed by atoms with Crippen LogP contribution in [0.3, 0.4) is 0 Å². The van der Waals surface area contributed by atoms with E-state index in [0.717, 1.165) is 15.4 Å². The summed E-state index contributed by atoms with van der Waals surface area (Å²) < 4.78 is 35.1. The SMILES string of the molecule is CC1=NS(=O)(=O)N(CC(=O)Nc2ccc(C(C)C)cc2)C=C1c1nc(-c2ccccc2)no1. The Morgan fingerprint density at radius 2 is 1.79 bits per heavy atom. The van der Waals surface area contributed by atoms with Gasteiger partial charge in [0, 0.05) is 17.5 Å². The van der Waals surface area contributed by atoms with E-state index in [1.807, 2.05) is 42.5 Å². The molecule has 0 saturated heterocycles. The Balaban J connectivity index is 1.54. The van der Waals surface area contributed by atoms with Crippen molar-refractivity contribution in [3.8, 4) is 11.4 Å². The molecular weight excluding hydrogens is 442 g/mol. The molecule has 1 aliphatic heterocycles. The molecule has 0 radical (unpaired) electrons. The van der Waals surface area contributed by atoms with E-state index in [4.69, 9.17) is 4.52 Å². The number of amides is 1. The summed E-state index contributed by atoms with van der Waals surface area (Å²) >= 11 is 0. The predicted molar refractivity (Wildman–Crippen MR) is 126 cm³/mol. The second kappa shape index (κ2) is 8.99. The third-order valence-electron chi connectivity index (χ3n) is 5.06. The van der Waals surface area contributed by atoms with Gasteiger partial charge >= 0.3 is 10.2 Å². The molecule has 0 spiro atoms. The number of allylic oxidation sites excluding steroid dienone is 1. The van der Waals surface area contributed by atoms with Crippen molar-refractivity contribution in [2.24, 2.45) is 4.40 Å². The number of nitrogens with zero attached hydrogens (tertiary/aromatic N) is 4. The summed E-state index contributed by atoms with van der Waals surface area (Å²) in [4.78, 5) is 16.9. The minimum Gasteiger partial charge on any atom is -0.333 e. The third kappa shape index (κ3) is 5.01. The quantitative estimate of drug-likeness (QED) is 0.591. The fraction of sp³-hybridized carbons (Fsp3) is 0.217. The Bertz CT molecular complexity index is 1330. The standard InChI is InChI=1S/C23H23N5O4S/c1-15(2)17-9-11-19(12-10-17)24-21(29)14-28-13-20(16(3)27-33(28,30)31)23-25-22(26-32-23)18-7-5-4-6-8-18/h4-13,15H,14H2,1-3H3,(H,24,29). The zero-order valence-electron chi connectivity index (χ0n) is 18.4. The van der Waals surface area contributed by atoms with Crippen LogP contribution in [-0.2, 0) is 15.0 Å². The van der Waals surface area contributed by atoms with E-state index in [2.05, 4.69) is 33.7 Å². The Morgan fingerprint density at radius 1 is 1.09 bits per heavy atom. The number of hydrogen-bond donors (Lipinski definition) is 1. The van der Waals surface area contributed by atoms with Gasteiger partial charge in [-0.2, -0.15) is 13.4 Å². The van der Waals surface area contributed by atoms with Crippen LogP contribution in [0, 0.1) is 0 Å². The lowest BCUT2D eigenvalue weighted by Gasteiger charge is -2.22. The lowest BCUT2D eigenvalue weighted by atomic mass is 10.0. The molecule has 9 nitrogen and oxygen atoms in total. The van der Waals surface area contributed by atoms with Gasteiger partial charge in [-0.3, -0.25) is 4.79 Å². The Kier molecular flexibility index (Phi) is 6.10. The van der Waals surface area contributed by atoms with Crippen molar-refractivity contribution in [3.05, 3.63) is 72.3 Å². The summed E-state index contributed by atoms with van der Waals surface area (Å²) in [5.74, 6) is 0.336. The van der Waals surface area contributed by atoms with E-state index < -0.39 is 22.7 Å². The summed E-state index contributed by atoms with van der Waals surface area (Å²) in [6, 6.07) is 16.6. The van der Waals surface area contributed by atoms with Crippen LogP contribution in [0.5, 0.6) is 0 Å². The molecule has 1 amide bonds. The largest absolute Gasteiger partial charge is 0.344 e. The van der Waals surface area contributed by atoms with Gasteiger partial charge in [-0.05, 0) is 30.5 Å². The molecule has 170 valence electrons. The minimum absolute atomic E-state index is 0.111. The molecule has 1 N–H and O–H groups in total. The number of anilines is 1. The summed E-state index contributed by atoms with van der Waals surface area (Å²) in [6.45, 7) is 5.23. The molecule has 0 aliphatic carbocycles. The molecule has 33 heavy (non-hydrogen) atoms. The third-order valence-corrected chi connectivity index (χ3v) is 6.39. The fourth-order valence-corrected chi connectivity index (χ4v) is 4.31. The fourth-order valence-electron chi connectivity index (χ4n) is 3.25. The maximum absolute atomic E-state index is 12.6. The topological polar surface area (TPSA) is 118 Å². The highest BCUT2D eigenvalue weighted by Gasteiger charge is 2.29. The van der Waals surface area contributed by atoms with Crippen LogP contribution in [-0.4, -0.2) is 41.0 Å². The van der Waals surface area contributed by atoms with Crippen molar-refractivity contribution in [2.45, 2.75) is 26.7 Å². The van der Waals surface area contributed by atoms with Crippen molar-refractivity contribution in [3.63, 3.8) is 0 Å². The molecule has 3 aromatic rings. The van der Waals surface area contributed by atoms with E-state index in [1.165, 1.54) is 13.1 Å². The normalized spacial score (nSPS) is 15.2. The van der Waals surface area contributed by atoms with Crippen LogP contribution in [0.4, 0.5) is 5.69 Å². The summed E-state index contributed by atoms with van der Waals surface area (Å²) in [6.07, 6.45) is 1.29. The van der Waals surface area contributed by atoms with Gasteiger partial charge in [0.15, 0.2) is 0 Å². The number of nitrogens with one attached hydrogen (secondary N) is 1. The molecule has 2 heterocycles. The average molecular weight is 466 g/mol. The van der Waals surface area contributed by atoms with Crippen LogP contribution in [0.15, 0.2) is 69.7 Å². The number of aromatic nitrogens is 2. The van der Waals surface area contributed by atoms with Crippen molar-refractivity contribution in [1.82, 2.24) is 14.4 Å². The second-order valence-electron chi connectivity index (χ2n) is 7.86. The van der Waals surface area contributed by atoms with Crippen LogP contribution in [0.2, 0.25) is 0 Å². The predicted octanol–water partition coefficient (Wildman–Crippen LogP) is 3.86. The maximum atomic E-state index is 12.6.